The van der Waals surface area contributed by atoms with Gasteiger partial charge in [-0.1, -0.05) is 6.07 Å². The number of anilines is 1. The fraction of sp³-hybridized carbons (Fsp3) is 0.429. The smallest absolute Gasteiger partial charge is 0.326 e. The van der Waals surface area contributed by atoms with Gasteiger partial charge in [-0.2, -0.15) is 8.42 Å². The molecule has 9 heteroatoms. The second-order valence-electron chi connectivity index (χ2n) is 5.49. The topological polar surface area (TPSA) is 113 Å². The molecule has 0 unspecified atom stereocenters. The predicted molar refractivity (Wildman–Crippen MR) is 80.0 cm³/mol. The summed E-state index contributed by atoms with van der Waals surface area (Å²) in [4.78, 5) is 22.9. The summed E-state index contributed by atoms with van der Waals surface area (Å²) in [5, 5.41) is 10.1. The van der Waals surface area contributed by atoms with Gasteiger partial charge in [-0.15, -0.1) is 0 Å². The maximum absolute atomic E-state index is 11.8. The number of nitrogens with zero attached hydrogens (tertiary/aromatic N) is 1. The summed E-state index contributed by atoms with van der Waals surface area (Å²) in [5.74, 6) is -1.43. The van der Waals surface area contributed by atoms with Crippen LogP contribution in [-0.4, -0.2) is 38.6 Å². The summed E-state index contributed by atoms with van der Waals surface area (Å²) in [6.07, 6.45) is 0.639. The number of phenols is 1. The van der Waals surface area contributed by atoms with Gasteiger partial charge in [-0.3, -0.25) is 9.59 Å². The number of phenolic OH excluding ortho intramolecular Hbond substituents is 1. The van der Waals surface area contributed by atoms with E-state index in [4.69, 9.17) is 4.74 Å². The third-order valence-corrected chi connectivity index (χ3v) is 5.29. The van der Waals surface area contributed by atoms with Gasteiger partial charge in [0.1, 0.15) is 12.3 Å². The molecule has 1 aromatic carbocycles. The minimum atomic E-state index is -3.96. The molecule has 2 fully saturated rings. The highest BCUT2D eigenvalue weighted by atomic mass is 32.2. The van der Waals surface area contributed by atoms with Crippen molar-refractivity contribution in [2.24, 2.45) is 5.92 Å². The molecule has 3 rings (SSSR count). The SMILES string of the molecule is CCOC(=O)[C@@H]1C[C@H]1c1ccc(N2CC(=O)NS2(=O)=O)c(O)c1. The number of amides is 1. The highest BCUT2D eigenvalue weighted by Gasteiger charge is 2.45. The van der Waals surface area contributed by atoms with Crippen LogP contribution in [0.1, 0.15) is 24.8 Å². The summed E-state index contributed by atoms with van der Waals surface area (Å²) in [6.45, 7) is 1.69. The minimum Gasteiger partial charge on any atom is -0.506 e. The lowest BCUT2D eigenvalue weighted by atomic mass is 10.1. The molecule has 1 saturated carbocycles. The zero-order chi connectivity index (χ0) is 16.8. The van der Waals surface area contributed by atoms with E-state index < -0.39 is 16.1 Å². The Hall–Kier alpha value is -2.29. The number of rotatable bonds is 4. The maximum atomic E-state index is 11.8. The van der Waals surface area contributed by atoms with Crippen molar-refractivity contribution in [3.63, 3.8) is 0 Å². The molecule has 8 nitrogen and oxygen atoms in total. The van der Waals surface area contributed by atoms with Crippen molar-refractivity contribution in [2.75, 3.05) is 17.5 Å². The zero-order valence-electron chi connectivity index (χ0n) is 12.4. The van der Waals surface area contributed by atoms with Gasteiger partial charge in [-0.25, -0.2) is 9.03 Å². The lowest BCUT2D eigenvalue weighted by Gasteiger charge is -2.16. The molecule has 1 aromatic rings. The monoisotopic (exact) mass is 340 g/mol. The minimum absolute atomic E-state index is 0.0282. The maximum Gasteiger partial charge on any atom is 0.326 e. The first-order valence-corrected chi connectivity index (χ1v) is 8.60. The van der Waals surface area contributed by atoms with Crippen molar-refractivity contribution in [1.29, 1.82) is 0 Å². The fourth-order valence-corrected chi connectivity index (χ4v) is 3.88. The van der Waals surface area contributed by atoms with Crippen LogP contribution in [0.5, 0.6) is 5.75 Å². The summed E-state index contributed by atoms with van der Waals surface area (Å²) < 4.78 is 31.2. The first-order chi connectivity index (χ1) is 10.8. The quantitative estimate of drug-likeness (QED) is 0.759. The second kappa shape index (κ2) is 5.41. The fourth-order valence-electron chi connectivity index (χ4n) is 2.72. The molecular formula is C14H16N2O6S. The zero-order valence-corrected chi connectivity index (χ0v) is 13.2. The molecule has 1 aliphatic heterocycles. The highest BCUT2D eigenvalue weighted by molar-refractivity contribution is 7.92. The van der Waals surface area contributed by atoms with Crippen molar-refractivity contribution in [3.05, 3.63) is 23.8 Å². The normalized spacial score (nSPS) is 25.1. The van der Waals surface area contributed by atoms with Crippen molar-refractivity contribution in [3.8, 4) is 5.75 Å². The third-order valence-electron chi connectivity index (χ3n) is 3.90. The Kier molecular flexibility index (Phi) is 3.67. The molecule has 1 heterocycles. The number of carbonyl (C=O) groups excluding carboxylic acids is 2. The Morgan fingerprint density at radius 2 is 2.22 bits per heavy atom. The molecule has 1 amide bonds. The summed E-state index contributed by atoms with van der Waals surface area (Å²) >= 11 is 0. The van der Waals surface area contributed by atoms with E-state index in [0.29, 0.717) is 13.0 Å². The molecule has 1 saturated heterocycles. The van der Waals surface area contributed by atoms with Crippen molar-refractivity contribution < 1.29 is 27.9 Å². The molecule has 1 aliphatic carbocycles. The molecular weight excluding hydrogens is 324 g/mol. The van der Waals surface area contributed by atoms with Gasteiger partial charge < -0.3 is 9.84 Å². The van der Waals surface area contributed by atoms with Gasteiger partial charge in [0.15, 0.2) is 0 Å². The number of aromatic hydroxyl groups is 1. The van der Waals surface area contributed by atoms with Crippen molar-refractivity contribution >= 4 is 27.8 Å². The Bertz CT molecular complexity index is 775. The number of benzene rings is 1. The Labute approximate surface area is 133 Å². The van der Waals surface area contributed by atoms with Crippen LogP contribution in [0.25, 0.3) is 0 Å². The van der Waals surface area contributed by atoms with E-state index in [1.165, 1.54) is 12.1 Å². The first-order valence-electron chi connectivity index (χ1n) is 7.16. The second-order valence-corrected chi connectivity index (χ2v) is 7.08. The highest BCUT2D eigenvalue weighted by Crippen LogP contribution is 2.49. The van der Waals surface area contributed by atoms with E-state index in [-0.39, 0.29) is 35.8 Å². The van der Waals surface area contributed by atoms with Crippen LogP contribution < -0.4 is 9.03 Å². The van der Waals surface area contributed by atoms with Crippen molar-refractivity contribution in [2.45, 2.75) is 19.3 Å². The van der Waals surface area contributed by atoms with Crippen LogP contribution in [0.4, 0.5) is 5.69 Å². The first kappa shape index (κ1) is 15.6. The molecule has 2 N–H and O–H groups in total. The van der Waals surface area contributed by atoms with Crippen LogP contribution in [-0.2, 0) is 24.5 Å². The molecule has 124 valence electrons. The number of nitrogens with one attached hydrogen (secondary N) is 1. The van der Waals surface area contributed by atoms with Crippen LogP contribution in [0.3, 0.4) is 0 Å². The number of hydrogen-bond acceptors (Lipinski definition) is 6. The van der Waals surface area contributed by atoms with Crippen LogP contribution in [0.15, 0.2) is 18.2 Å². The van der Waals surface area contributed by atoms with Gasteiger partial charge in [0, 0.05) is 0 Å². The van der Waals surface area contributed by atoms with E-state index in [2.05, 4.69) is 0 Å². The largest absolute Gasteiger partial charge is 0.506 e. The van der Waals surface area contributed by atoms with Crippen LogP contribution in [0, 0.1) is 5.92 Å². The number of carbonyl (C=O) groups is 2. The molecule has 23 heavy (non-hydrogen) atoms. The third kappa shape index (κ3) is 2.83. The van der Waals surface area contributed by atoms with Gasteiger partial charge in [0.25, 0.3) is 5.91 Å². The van der Waals surface area contributed by atoms with E-state index >= 15 is 0 Å². The summed E-state index contributed by atoms with van der Waals surface area (Å²) in [6, 6.07) is 4.51. The van der Waals surface area contributed by atoms with Gasteiger partial charge in [0.05, 0.1) is 18.2 Å². The average molecular weight is 340 g/mol. The van der Waals surface area contributed by atoms with E-state index in [9.17, 15) is 23.1 Å². The van der Waals surface area contributed by atoms with Crippen LogP contribution >= 0.6 is 0 Å². The lowest BCUT2D eigenvalue weighted by molar-refractivity contribution is -0.144. The van der Waals surface area contributed by atoms with E-state index in [0.717, 1.165) is 9.87 Å². The van der Waals surface area contributed by atoms with E-state index in [1.54, 1.807) is 13.0 Å². The Morgan fingerprint density at radius 3 is 2.78 bits per heavy atom. The van der Waals surface area contributed by atoms with Gasteiger partial charge >= 0.3 is 16.2 Å². The number of hydrogen-bond donors (Lipinski definition) is 2. The van der Waals surface area contributed by atoms with Crippen LogP contribution in [0.2, 0.25) is 0 Å². The Morgan fingerprint density at radius 1 is 1.48 bits per heavy atom. The van der Waals surface area contributed by atoms with Gasteiger partial charge in [0.2, 0.25) is 0 Å². The standard InChI is InChI=1S/C14H16N2O6S/c1-2-22-14(19)10-6-9(10)8-3-4-11(12(17)5-8)16-7-13(18)15-23(16,20)21/h3-5,9-10,17H,2,6-7H2,1H3,(H,15,18)/t9-,10+/m0/s1. The van der Waals surface area contributed by atoms with Gasteiger partial charge in [-0.05, 0) is 37.0 Å². The summed E-state index contributed by atoms with van der Waals surface area (Å²) in [7, 11) is -3.96. The summed E-state index contributed by atoms with van der Waals surface area (Å²) in [5.41, 5.74) is 0.764. The van der Waals surface area contributed by atoms with Crippen molar-refractivity contribution in [1.82, 2.24) is 4.72 Å². The average Bonchev–Trinajstić information content (AvgIpc) is 3.20. The Balaban J connectivity index is 1.80. The molecule has 2 atom stereocenters. The molecule has 0 bridgehead atoms. The predicted octanol–water partition coefficient (Wildman–Crippen LogP) is 0.240. The molecule has 0 spiro atoms. The van der Waals surface area contributed by atoms with E-state index in [1.807, 2.05) is 4.72 Å². The number of esters is 1. The number of ether oxygens (including phenoxy) is 1. The molecule has 0 aromatic heterocycles. The molecule has 0 radical (unpaired) electrons. The lowest BCUT2D eigenvalue weighted by Crippen LogP contribution is -2.29. The molecule has 2 aliphatic rings.